The lowest BCUT2D eigenvalue weighted by Crippen LogP contribution is -2.05. The molecule has 4 nitrogen and oxygen atoms in total. The molecular formula is C10H20O4S. The van der Waals surface area contributed by atoms with Gasteiger partial charge in [0.15, 0.2) is 0 Å². The molecule has 0 radical (unpaired) electrons. The summed E-state index contributed by atoms with van der Waals surface area (Å²) in [7, 11) is 0.871. The van der Waals surface area contributed by atoms with Gasteiger partial charge in [0.05, 0.1) is 0 Å². The largest absolute Gasteiger partial charge is 0.481 e. The van der Waals surface area contributed by atoms with Crippen molar-refractivity contribution in [3.63, 3.8) is 0 Å². The van der Waals surface area contributed by atoms with E-state index >= 15 is 0 Å². The van der Waals surface area contributed by atoms with Crippen molar-refractivity contribution in [2.24, 2.45) is 0 Å². The zero-order valence-electron chi connectivity index (χ0n) is 9.24. The highest BCUT2D eigenvalue weighted by molar-refractivity contribution is 7.84. The fraction of sp³-hybridized carbons (Fsp3) is 0.900. The maximum Gasteiger partial charge on any atom is 0.303 e. The summed E-state index contributed by atoms with van der Waals surface area (Å²) in [4.78, 5) is 10.2. The van der Waals surface area contributed by atoms with Crippen LogP contribution in [0.1, 0.15) is 32.1 Å². The molecule has 0 rings (SSSR count). The summed E-state index contributed by atoms with van der Waals surface area (Å²) in [6.07, 6.45) is 3.44. The number of aliphatic carboxylic acids is 1. The molecule has 0 saturated carbocycles. The minimum Gasteiger partial charge on any atom is -0.481 e. The number of carboxylic acid groups (broad SMARTS) is 1. The zero-order chi connectivity index (χ0) is 11.5. The van der Waals surface area contributed by atoms with Gasteiger partial charge in [0.2, 0.25) is 0 Å². The van der Waals surface area contributed by atoms with E-state index in [-0.39, 0.29) is 6.42 Å². The summed E-state index contributed by atoms with van der Waals surface area (Å²) in [5.41, 5.74) is 0. The fourth-order valence-corrected chi connectivity index (χ4v) is 2.35. The van der Waals surface area contributed by atoms with Crippen LogP contribution in [0.3, 0.4) is 0 Å². The zero-order valence-corrected chi connectivity index (χ0v) is 10.1. The molecule has 0 bridgehead atoms. The van der Waals surface area contributed by atoms with Crippen molar-refractivity contribution in [1.82, 2.24) is 0 Å². The molecule has 1 atom stereocenters. The van der Waals surface area contributed by atoms with E-state index in [2.05, 4.69) is 0 Å². The van der Waals surface area contributed by atoms with Gasteiger partial charge >= 0.3 is 5.97 Å². The van der Waals surface area contributed by atoms with Gasteiger partial charge in [-0.1, -0.05) is 6.42 Å². The van der Waals surface area contributed by atoms with Crippen LogP contribution in [0, 0.1) is 0 Å². The van der Waals surface area contributed by atoms with Gasteiger partial charge in [-0.05, 0) is 19.3 Å². The minimum atomic E-state index is -0.763. The Balaban J connectivity index is 3.20. The Labute approximate surface area is 93.5 Å². The quantitative estimate of drug-likeness (QED) is 0.583. The van der Waals surface area contributed by atoms with Crippen molar-refractivity contribution in [2.45, 2.75) is 32.1 Å². The van der Waals surface area contributed by atoms with Gasteiger partial charge in [-0.15, -0.1) is 0 Å². The molecule has 0 aliphatic heterocycles. The Morgan fingerprint density at radius 2 is 1.87 bits per heavy atom. The van der Waals surface area contributed by atoms with Crippen molar-refractivity contribution < 1.29 is 18.8 Å². The lowest BCUT2D eigenvalue weighted by Gasteiger charge is -2.01. The van der Waals surface area contributed by atoms with Gasteiger partial charge in [-0.3, -0.25) is 9.00 Å². The molecule has 0 amide bonds. The first-order valence-corrected chi connectivity index (χ1v) is 6.71. The normalized spacial score (nSPS) is 12.6. The van der Waals surface area contributed by atoms with E-state index in [0.717, 1.165) is 19.3 Å². The Hall–Kier alpha value is -0.420. The maximum absolute atomic E-state index is 11.4. The van der Waals surface area contributed by atoms with Crippen LogP contribution in [0.5, 0.6) is 0 Å². The van der Waals surface area contributed by atoms with E-state index < -0.39 is 16.8 Å². The van der Waals surface area contributed by atoms with Crippen LogP contribution in [-0.4, -0.2) is 40.5 Å². The first kappa shape index (κ1) is 14.6. The molecular weight excluding hydrogens is 216 g/mol. The number of methoxy groups -OCH3 is 1. The van der Waals surface area contributed by atoms with Gasteiger partial charge in [-0.2, -0.15) is 0 Å². The molecule has 0 aliphatic rings. The minimum absolute atomic E-state index is 0.219. The summed E-state index contributed by atoms with van der Waals surface area (Å²) in [6.45, 7) is 0.657. The second-order valence-electron chi connectivity index (χ2n) is 3.40. The predicted octanol–water partition coefficient (Wildman–Crippen LogP) is 1.42. The third kappa shape index (κ3) is 11.5. The van der Waals surface area contributed by atoms with Crippen LogP contribution in [-0.2, 0) is 20.3 Å². The van der Waals surface area contributed by atoms with Gasteiger partial charge < -0.3 is 9.84 Å². The fourth-order valence-electron chi connectivity index (χ4n) is 1.18. The molecule has 90 valence electrons. The molecule has 0 aromatic carbocycles. The summed E-state index contributed by atoms with van der Waals surface area (Å²) in [6, 6.07) is 0. The smallest absolute Gasteiger partial charge is 0.303 e. The third-order valence-electron chi connectivity index (χ3n) is 1.98. The van der Waals surface area contributed by atoms with Crippen molar-refractivity contribution in [3.8, 4) is 0 Å². The number of rotatable bonds is 10. The molecule has 15 heavy (non-hydrogen) atoms. The topological polar surface area (TPSA) is 63.6 Å². The van der Waals surface area contributed by atoms with Crippen LogP contribution in [0.15, 0.2) is 0 Å². The summed E-state index contributed by atoms with van der Waals surface area (Å²) in [5.74, 6) is 0.618. The summed E-state index contributed by atoms with van der Waals surface area (Å²) >= 11 is 0. The Bertz CT molecular complexity index is 194. The number of unbranched alkanes of at least 4 members (excludes halogenated alkanes) is 2. The van der Waals surface area contributed by atoms with E-state index in [9.17, 15) is 9.00 Å². The van der Waals surface area contributed by atoms with Crippen molar-refractivity contribution in [1.29, 1.82) is 0 Å². The monoisotopic (exact) mass is 236 g/mol. The van der Waals surface area contributed by atoms with Crippen LogP contribution in [0.2, 0.25) is 0 Å². The molecule has 1 unspecified atom stereocenters. The molecule has 0 aromatic rings. The predicted molar refractivity (Wildman–Crippen MR) is 60.5 cm³/mol. The Kier molecular flexibility index (Phi) is 9.83. The van der Waals surface area contributed by atoms with E-state index in [1.165, 1.54) is 0 Å². The second-order valence-corrected chi connectivity index (χ2v) is 5.09. The molecule has 0 saturated heterocycles. The van der Waals surface area contributed by atoms with Gasteiger partial charge in [-0.25, -0.2) is 0 Å². The number of carboxylic acids is 1. The van der Waals surface area contributed by atoms with Gasteiger partial charge in [0.25, 0.3) is 0 Å². The van der Waals surface area contributed by atoms with Crippen molar-refractivity contribution in [2.75, 3.05) is 25.2 Å². The van der Waals surface area contributed by atoms with E-state index in [1.807, 2.05) is 0 Å². The highest BCUT2D eigenvalue weighted by Gasteiger charge is 2.00. The number of carbonyl (C=O) groups is 1. The molecule has 0 aromatic heterocycles. The number of hydrogen-bond donors (Lipinski definition) is 1. The van der Waals surface area contributed by atoms with Crippen molar-refractivity contribution >= 4 is 16.8 Å². The summed E-state index contributed by atoms with van der Waals surface area (Å²) in [5, 5.41) is 8.39. The highest BCUT2D eigenvalue weighted by atomic mass is 32.2. The number of hydrogen-bond acceptors (Lipinski definition) is 3. The average Bonchev–Trinajstić information content (AvgIpc) is 2.17. The van der Waals surface area contributed by atoms with Crippen LogP contribution in [0.25, 0.3) is 0 Å². The molecule has 1 N–H and O–H groups in total. The van der Waals surface area contributed by atoms with E-state index in [0.29, 0.717) is 24.5 Å². The van der Waals surface area contributed by atoms with E-state index in [1.54, 1.807) is 7.11 Å². The van der Waals surface area contributed by atoms with Crippen LogP contribution in [0.4, 0.5) is 0 Å². The van der Waals surface area contributed by atoms with Crippen LogP contribution >= 0.6 is 0 Å². The first-order valence-electron chi connectivity index (χ1n) is 5.22. The van der Waals surface area contributed by atoms with Crippen LogP contribution < -0.4 is 0 Å². The van der Waals surface area contributed by atoms with Gasteiger partial charge in [0.1, 0.15) is 0 Å². The first-order chi connectivity index (χ1) is 7.16. The molecule has 0 aliphatic carbocycles. The van der Waals surface area contributed by atoms with E-state index in [4.69, 9.17) is 9.84 Å². The molecule has 0 heterocycles. The highest BCUT2D eigenvalue weighted by Crippen LogP contribution is 2.02. The Morgan fingerprint density at radius 1 is 1.20 bits per heavy atom. The standard InChI is InChI=1S/C10H20O4S/c1-14-7-5-9-15(13)8-4-2-3-6-10(11)12/h2-9H2,1H3,(H,11,12). The summed E-state index contributed by atoms with van der Waals surface area (Å²) < 4.78 is 16.2. The lowest BCUT2D eigenvalue weighted by atomic mass is 10.2. The Morgan fingerprint density at radius 3 is 2.47 bits per heavy atom. The molecule has 0 spiro atoms. The second kappa shape index (κ2) is 10.1. The molecule has 0 fully saturated rings. The SMILES string of the molecule is COCCCS(=O)CCCCCC(=O)O. The maximum atomic E-state index is 11.4. The molecule has 5 heteroatoms. The average molecular weight is 236 g/mol. The van der Waals surface area contributed by atoms with Crippen molar-refractivity contribution in [3.05, 3.63) is 0 Å². The van der Waals surface area contributed by atoms with Gasteiger partial charge in [0, 0.05) is 42.4 Å². The third-order valence-corrected chi connectivity index (χ3v) is 3.47. The lowest BCUT2D eigenvalue weighted by molar-refractivity contribution is -0.137. The number of ether oxygens (including phenoxy) is 1.